The number of fused-ring (bicyclic) bond motifs is 1. The third-order valence-electron chi connectivity index (χ3n) is 4.94. The molecule has 1 amide bonds. The molecule has 7 heteroatoms. The molecule has 2 atom stereocenters. The summed E-state index contributed by atoms with van der Waals surface area (Å²) < 4.78 is 16.0. The zero-order valence-electron chi connectivity index (χ0n) is 15.3. The molecule has 3 rings (SSSR count). The van der Waals surface area contributed by atoms with Crippen LogP contribution in [0.1, 0.15) is 57.2 Å². The Labute approximate surface area is 156 Å². The van der Waals surface area contributed by atoms with E-state index in [0.29, 0.717) is 16.3 Å². The highest BCUT2D eigenvalue weighted by molar-refractivity contribution is 7.14. The van der Waals surface area contributed by atoms with Gasteiger partial charge in [0.25, 0.3) is 11.5 Å². The van der Waals surface area contributed by atoms with Crippen LogP contribution in [0.15, 0.2) is 17.1 Å². The maximum Gasteiger partial charge on any atom is 0.271 e. The van der Waals surface area contributed by atoms with E-state index in [9.17, 15) is 14.0 Å². The van der Waals surface area contributed by atoms with E-state index in [-0.39, 0.29) is 18.0 Å². The van der Waals surface area contributed by atoms with E-state index in [1.165, 1.54) is 39.2 Å². The Kier molecular flexibility index (Phi) is 5.55. The molecule has 5 nitrogen and oxygen atoms in total. The largest absolute Gasteiger partial charge is 0.348 e. The first-order chi connectivity index (χ1) is 12.4. The summed E-state index contributed by atoms with van der Waals surface area (Å²) in [6, 6.07) is 1.95. The third kappa shape index (κ3) is 3.87. The molecule has 0 radical (unpaired) electrons. The molecule has 0 spiro atoms. The minimum Gasteiger partial charge on any atom is -0.348 e. The average molecular weight is 377 g/mol. The first-order valence-corrected chi connectivity index (χ1v) is 9.76. The van der Waals surface area contributed by atoms with E-state index in [1.807, 2.05) is 6.07 Å². The molecule has 1 aliphatic rings. The van der Waals surface area contributed by atoms with Crippen molar-refractivity contribution in [1.82, 2.24) is 14.9 Å². The summed E-state index contributed by atoms with van der Waals surface area (Å²) in [6.07, 6.45) is 4.68. The van der Waals surface area contributed by atoms with E-state index < -0.39 is 12.1 Å². The molecule has 0 aliphatic heterocycles. The Morgan fingerprint density at radius 1 is 1.42 bits per heavy atom. The normalized spacial score (nSPS) is 16.0. The fourth-order valence-corrected chi connectivity index (χ4v) is 4.41. The van der Waals surface area contributed by atoms with Crippen molar-refractivity contribution in [2.45, 2.75) is 51.6 Å². The maximum atomic E-state index is 14.6. The number of rotatable bonds is 5. The van der Waals surface area contributed by atoms with Crippen LogP contribution >= 0.6 is 11.3 Å². The quantitative estimate of drug-likeness (QED) is 0.871. The number of carbonyl (C=O) groups excluding carboxylic acids is 1. The number of halogens is 1. The number of hydrogen-bond acceptors (Lipinski definition) is 4. The molecule has 140 valence electrons. The van der Waals surface area contributed by atoms with Crippen molar-refractivity contribution in [3.8, 4) is 0 Å². The second-order valence-electron chi connectivity index (χ2n) is 6.95. The molecule has 2 heterocycles. The van der Waals surface area contributed by atoms with Crippen LogP contribution in [-0.4, -0.2) is 28.2 Å². The second-order valence-corrected chi connectivity index (χ2v) is 8.08. The Morgan fingerprint density at radius 3 is 2.85 bits per heavy atom. The third-order valence-corrected chi connectivity index (χ3v) is 6.18. The maximum absolute atomic E-state index is 14.6. The Hall–Kier alpha value is -2.02. The lowest BCUT2D eigenvalue weighted by Gasteiger charge is -2.17. The van der Waals surface area contributed by atoms with Crippen LogP contribution in [0.4, 0.5) is 4.39 Å². The van der Waals surface area contributed by atoms with Crippen molar-refractivity contribution >= 4 is 17.2 Å². The Morgan fingerprint density at radius 2 is 2.15 bits per heavy atom. The minimum absolute atomic E-state index is 0.0772. The summed E-state index contributed by atoms with van der Waals surface area (Å²) in [5.41, 5.74) is 1.93. The van der Waals surface area contributed by atoms with Gasteiger partial charge >= 0.3 is 0 Å². The molecule has 0 bridgehead atoms. The van der Waals surface area contributed by atoms with Gasteiger partial charge in [0.05, 0.1) is 10.6 Å². The van der Waals surface area contributed by atoms with Crippen molar-refractivity contribution in [2.24, 2.45) is 7.05 Å². The number of hydrogen-bond donors (Lipinski definition) is 1. The van der Waals surface area contributed by atoms with Crippen molar-refractivity contribution in [3.63, 3.8) is 0 Å². The lowest BCUT2D eigenvalue weighted by molar-refractivity contribution is 0.0942. The number of carbonyl (C=O) groups is 1. The van der Waals surface area contributed by atoms with E-state index in [2.05, 4.69) is 10.3 Å². The lowest BCUT2D eigenvalue weighted by Crippen LogP contribution is -2.33. The molecule has 1 aliphatic carbocycles. The van der Waals surface area contributed by atoms with Gasteiger partial charge in [0.2, 0.25) is 0 Å². The summed E-state index contributed by atoms with van der Waals surface area (Å²) in [5.74, 6) is -0.735. The molecule has 0 saturated heterocycles. The average Bonchev–Trinajstić information content (AvgIpc) is 3.07. The number of alkyl halides is 1. The highest BCUT2D eigenvalue weighted by Crippen LogP contribution is 2.29. The molecular weight excluding hydrogens is 353 g/mol. The van der Waals surface area contributed by atoms with Crippen LogP contribution in [0.2, 0.25) is 0 Å². The fraction of sp³-hybridized carbons (Fsp3) is 0.526. The number of nitrogens with one attached hydrogen (secondary N) is 1. The highest BCUT2D eigenvalue weighted by Gasteiger charge is 2.23. The van der Waals surface area contributed by atoms with E-state index >= 15 is 0 Å². The number of aromatic nitrogens is 2. The Balaban J connectivity index is 1.62. The summed E-state index contributed by atoms with van der Waals surface area (Å²) in [7, 11) is 1.63. The Bertz CT molecular complexity index is 824. The van der Waals surface area contributed by atoms with Gasteiger partial charge in [-0.3, -0.25) is 14.6 Å². The molecule has 2 aromatic rings. The first-order valence-electron chi connectivity index (χ1n) is 8.95. The van der Waals surface area contributed by atoms with Crippen molar-refractivity contribution in [1.29, 1.82) is 0 Å². The molecule has 0 fully saturated rings. The van der Waals surface area contributed by atoms with Crippen LogP contribution in [0.25, 0.3) is 0 Å². The molecule has 0 aromatic carbocycles. The fourth-order valence-electron chi connectivity index (χ4n) is 3.24. The van der Waals surface area contributed by atoms with E-state index in [4.69, 9.17) is 0 Å². The first kappa shape index (κ1) is 18.8. The number of thiophene rings is 1. The molecular formula is C19H24FN3O2S. The number of aryl methyl sites for hydroxylation is 4. The summed E-state index contributed by atoms with van der Waals surface area (Å²) in [5, 5.41) is 2.70. The zero-order valence-corrected chi connectivity index (χ0v) is 16.2. The summed E-state index contributed by atoms with van der Waals surface area (Å²) >= 11 is 1.52. The van der Waals surface area contributed by atoms with Gasteiger partial charge in [-0.2, -0.15) is 0 Å². The van der Waals surface area contributed by atoms with Crippen LogP contribution < -0.4 is 10.9 Å². The van der Waals surface area contributed by atoms with Gasteiger partial charge in [-0.1, -0.05) is 6.92 Å². The zero-order chi connectivity index (χ0) is 18.8. The van der Waals surface area contributed by atoms with Crippen molar-refractivity contribution in [3.05, 3.63) is 49.3 Å². The van der Waals surface area contributed by atoms with Gasteiger partial charge in [0.15, 0.2) is 0 Å². The topological polar surface area (TPSA) is 64.0 Å². The molecule has 26 heavy (non-hydrogen) atoms. The summed E-state index contributed by atoms with van der Waals surface area (Å²) in [6.45, 7) is 3.26. The highest BCUT2D eigenvalue weighted by atomic mass is 32.1. The van der Waals surface area contributed by atoms with Crippen LogP contribution in [0, 0.1) is 6.92 Å². The van der Waals surface area contributed by atoms with Gasteiger partial charge < -0.3 is 9.88 Å². The van der Waals surface area contributed by atoms with Crippen LogP contribution in [0.3, 0.4) is 0 Å². The van der Waals surface area contributed by atoms with Crippen LogP contribution in [-0.2, 0) is 19.9 Å². The van der Waals surface area contributed by atoms with Crippen molar-refractivity contribution < 1.29 is 9.18 Å². The molecule has 1 N–H and O–H groups in total. The number of nitrogens with zero attached hydrogens (tertiary/aromatic N) is 2. The predicted octanol–water partition coefficient (Wildman–Crippen LogP) is 2.90. The summed E-state index contributed by atoms with van der Waals surface area (Å²) in [4.78, 5) is 30.2. The molecule has 2 aromatic heterocycles. The van der Waals surface area contributed by atoms with Gasteiger partial charge in [-0.05, 0) is 44.2 Å². The monoisotopic (exact) mass is 377 g/mol. The van der Waals surface area contributed by atoms with E-state index in [1.54, 1.807) is 27.1 Å². The minimum atomic E-state index is -1.28. The van der Waals surface area contributed by atoms with Gasteiger partial charge in [-0.15, -0.1) is 11.3 Å². The van der Waals surface area contributed by atoms with Gasteiger partial charge in [0.1, 0.15) is 11.9 Å². The SMILES string of the molecule is Cc1nc(C(C)C(F)CNC(=O)c2cc3c(s2)CCCC3)cn(C)c1=O. The lowest BCUT2D eigenvalue weighted by atomic mass is 9.99. The van der Waals surface area contributed by atoms with Crippen molar-refractivity contribution in [2.75, 3.05) is 6.54 Å². The van der Waals surface area contributed by atoms with Gasteiger partial charge in [-0.25, -0.2) is 4.39 Å². The smallest absolute Gasteiger partial charge is 0.271 e. The predicted molar refractivity (Wildman–Crippen MR) is 101 cm³/mol. The second kappa shape index (κ2) is 7.70. The van der Waals surface area contributed by atoms with Crippen LogP contribution in [0.5, 0.6) is 0 Å². The van der Waals surface area contributed by atoms with Gasteiger partial charge in [0, 0.05) is 30.6 Å². The standard InChI is InChI=1S/C19H24FN3O2S/c1-11(15-10-23(3)19(25)12(2)22-15)14(20)9-21-18(24)17-8-13-6-4-5-7-16(13)26-17/h8,10-11,14H,4-7,9H2,1-3H3,(H,21,24). The molecule has 0 saturated carbocycles. The molecule has 2 unspecified atom stereocenters. The van der Waals surface area contributed by atoms with E-state index in [0.717, 1.165) is 12.8 Å². The number of amides is 1.